The van der Waals surface area contributed by atoms with Gasteiger partial charge in [-0.1, -0.05) is 58.2 Å². The minimum Gasteiger partial charge on any atom is -0.315 e. The van der Waals surface area contributed by atoms with Crippen molar-refractivity contribution in [1.29, 1.82) is 0 Å². The van der Waals surface area contributed by atoms with Gasteiger partial charge in [-0.25, -0.2) is 9.48 Å². The van der Waals surface area contributed by atoms with Gasteiger partial charge < -0.3 is 15.5 Å². The molecule has 0 radical (unpaired) electrons. The number of nitro benzene ring substituents is 1. The van der Waals surface area contributed by atoms with Gasteiger partial charge in [-0.3, -0.25) is 14.9 Å². The van der Waals surface area contributed by atoms with Crippen LogP contribution in [0.5, 0.6) is 0 Å². The monoisotopic (exact) mass is 534 g/mol. The fourth-order valence-electron chi connectivity index (χ4n) is 4.09. The minimum atomic E-state index is -0.499. The average Bonchev–Trinajstić information content (AvgIpc) is 3.27. The zero-order valence-electron chi connectivity index (χ0n) is 23.6. The van der Waals surface area contributed by atoms with Gasteiger partial charge in [0.25, 0.3) is 5.69 Å². The first kappa shape index (κ1) is 29.3. The van der Waals surface area contributed by atoms with Crippen LogP contribution in [0.2, 0.25) is 0 Å². The molecule has 0 bridgehead atoms. The van der Waals surface area contributed by atoms with Crippen LogP contribution in [0.15, 0.2) is 48.5 Å². The second kappa shape index (κ2) is 12.6. The summed E-state index contributed by atoms with van der Waals surface area (Å²) < 4.78 is 1.74. The molecular formula is C29H38N6O4. The Hall–Kier alpha value is -4.21. The van der Waals surface area contributed by atoms with Gasteiger partial charge in [0, 0.05) is 35.8 Å². The van der Waals surface area contributed by atoms with E-state index in [-0.39, 0.29) is 23.6 Å². The van der Waals surface area contributed by atoms with Crippen LogP contribution in [-0.2, 0) is 10.2 Å². The normalized spacial score (nSPS) is 11.2. The second-order valence-electron chi connectivity index (χ2n) is 10.8. The van der Waals surface area contributed by atoms with Crippen molar-refractivity contribution in [3.05, 3.63) is 75.5 Å². The molecule has 1 heterocycles. The smallest absolute Gasteiger partial charge is 0.315 e. The highest BCUT2D eigenvalue weighted by atomic mass is 16.6. The van der Waals surface area contributed by atoms with Gasteiger partial charge in [0.1, 0.15) is 12.4 Å². The summed E-state index contributed by atoms with van der Waals surface area (Å²) in [5.74, 6) is 0.179. The second-order valence-corrected chi connectivity index (χ2v) is 10.8. The van der Waals surface area contributed by atoms with Gasteiger partial charge in [-0.15, -0.1) is 0 Å². The van der Waals surface area contributed by atoms with Crippen molar-refractivity contribution in [2.45, 2.75) is 66.2 Å². The van der Waals surface area contributed by atoms with Gasteiger partial charge >= 0.3 is 6.03 Å². The molecule has 3 rings (SSSR count). The van der Waals surface area contributed by atoms with Crippen LogP contribution in [0, 0.1) is 24.0 Å². The standard InChI is InChI=1S/C29H38N6O4/c1-7-8-9-16-33(28(37)30-22-11-13-23(14-12-22)35(38)39)19-27(36)31-26-18-25(29(4,5)6)32-34(26)24-15-10-20(2)17-21(24)3/h10-15,17-18H,7-9,16,19H2,1-6H3,(H,30,37)(H,31,36). The lowest BCUT2D eigenvalue weighted by Crippen LogP contribution is -2.41. The number of hydrogen-bond donors (Lipinski definition) is 2. The number of urea groups is 1. The number of unbranched alkanes of at least 4 members (excludes halogenated alkanes) is 2. The lowest BCUT2D eigenvalue weighted by atomic mass is 9.92. The Kier molecular flexibility index (Phi) is 9.45. The van der Waals surface area contributed by atoms with Crippen LogP contribution in [0.25, 0.3) is 5.69 Å². The average molecular weight is 535 g/mol. The molecule has 3 amide bonds. The highest BCUT2D eigenvalue weighted by molar-refractivity contribution is 5.96. The predicted molar refractivity (Wildman–Crippen MR) is 154 cm³/mol. The number of non-ortho nitro benzene ring substituents is 1. The molecule has 2 aromatic carbocycles. The molecule has 1 aromatic heterocycles. The molecule has 2 N–H and O–H groups in total. The zero-order valence-corrected chi connectivity index (χ0v) is 23.6. The number of anilines is 2. The van der Waals surface area contributed by atoms with Gasteiger partial charge in [-0.2, -0.15) is 5.10 Å². The van der Waals surface area contributed by atoms with Crippen molar-refractivity contribution in [3.8, 4) is 5.69 Å². The molecule has 0 aliphatic carbocycles. The van der Waals surface area contributed by atoms with Crippen molar-refractivity contribution in [2.75, 3.05) is 23.7 Å². The summed E-state index contributed by atoms with van der Waals surface area (Å²) in [4.78, 5) is 38.2. The van der Waals surface area contributed by atoms with Crippen molar-refractivity contribution >= 4 is 29.1 Å². The third kappa shape index (κ3) is 7.89. The Morgan fingerprint density at radius 2 is 1.72 bits per heavy atom. The Labute approximate surface area is 229 Å². The number of nitro groups is 1. The summed E-state index contributed by atoms with van der Waals surface area (Å²) in [5, 5.41) is 21.4. The topological polar surface area (TPSA) is 122 Å². The summed E-state index contributed by atoms with van der Waals surface area (Å²) >= 11 is 0. The highest BCUT2D eigenvalue weighted by Gasteiger charge is 2.24. The maximum absolute atomic E-state index is 13.3. The van der Waals surface area contributed by atoms with Crippen molar-refractivity contribution in [1.82, 2.24) is 14.7 Å². The molecule has 39 heavy (non-hydrogen) atoms. The third-order valence-electron chi connectivity index (χ3n) is 6.31. The van der Waals surface area contributed by atoms with Crippen molar-refractivity contribution < 1.29 is 14.5 Å². The lowest BCUT2D eigenvalue weighted by Gasteiger charge is -2.23. The molecular weight excluding hydrogens is 496 g/mol. The number of aromatic nitrogens is 2. The molecule has 0 atom stereocenters. The molecule has 0 spiro atoms. The number of carbonyl (C=O) groups excluding carboxylic acids is 2. The number of hydrogen-bond acceptors (Lipinski definition) is 5. The van der Waals surface area contributed by atoms with Gasteiger partial charge in [0.15, 0.2) is 0 Å². The number of nitrogens with one attached hydrogen (secondary N) is 2. The van der Waals surface area contributed by atoms with E-state index in [1.54, 1.807) is 4.68 Å². The maximum Gasteiger partial charge on any atom is 0.322 e. The molecule has 0 fully saturated rings. The largest absolute Gasteiger partial charge is 0.322 e. The Bertz CT molecular complexity index is 1320. The van der Waals surface area contributed by atoms with Crippen molar-refractivity contribution in [3.63, 3.8) is 0 Å². The van der Waals surface area contributed by atoms with Crippen LogP contribution >= 0.6 is 0 Å². The number of nitrogens with zero attached hydrogens (tertiary/aromatic N) is 4. The first-order valence-corrected chi connectivity index (χ1v) is 13.2. The summed E-state index contributed by atoms with van der Waals surface area (Å²) in [6, 6.07) is 13.1. The van der Waals surface area contributed by atoms with Crippen LogP contribution in [0.1, 0.15) is 63.8 Å². The molecule has 10 nitrogen and oxygen atoms in total. The molecule has 3 aromatic rings. The maximum atomic E-state index is 13.3. The molecule has 0 unspecified atom stereocenters. The fraction of sp³-hybridized carbons (Fsp3) is 0.414. The van der Waals surface area contributed by atoms with Crippen molar-refractivity contribution in [2.24, 2.45) is 0 Å². The number of rotatable bonds is 10. The van der Waals surface area contributed by atoms with E-state index < -0.39 is 11.0 Å². The molecule has 208 valence electrons. The molecule has 10 heteroatoms. The number of benzene rings is 2. The minimum absolute atomic E-state index is 0.0674. The fourth-order valence-corrected chi connectivity index (χ4v) is 4.09. The summed E-state index contributed by atoms with van der Waals surface area (Å²) in [7, 11) is 0. The van der Waals surface area contributed by atoms with E-state index in [9.17, 15) is 19.7 Å². The molecule has 0 saturated heterocycles. The first-order chi connectivity index (χ1) is 18.4. The Morgan fingerprint density at radius 1 is 1.03 bits per heavy atom. The highest BCUT2D eigenvalue weighted by Crippen LogP contribution is 2.28. The number of carbonyl (C=O) groups is 2. The van der Waals surface area contributed by atoms with Gasteiger partial charge in [0.2, 0.25) is 5.91 Å². The Morgan fingerprint density at radius 3 is 2.31 bits per heavy atom. The quantitative estimate of drug-likeness (QED) is 0.178. The van der Waals surface area contributed by atoms with Crippen LogP contribution in [0.3, 0.4) is 0 Å². The molecule has 0 saturated carbocycles. The van der Waals surface area contributed by atoms with E-state index in [4.69, 9.17) is 5.10 Å². The van der Waals surface area contributed by atoms with E-state index >= 15 is 0 Å². The third-order valence-corrected chi connectivity index (χ3v) is 6.31. The van der Waals surface area contributed by atoms with Gasteiger partial charge in [0.05, 0.1) is 16.3 Å². The molecule has 0 aliphatic heterocycles. The summed E-state index contributed by atoms with van der Waals surface area (Å²) in [5.41, 5.74) is 3.96. The summed E-state index contributed by atoms with van der Waals surface area (Å²) in [6.45, 7) is 12.5. The van der Waals surface area contributed by atoms with Gasteiger partial charge in [-0.05, 0) is 44.0 Å². The van der Waals surface area contributed by atoms with E-state index in [0.29, 0.717) is 18.1 Å². The van der Waals surface area contributed by atoms with E-state index in [2.05, 4.69) is 44.4 Å². The van der Waals surface area contributed by atoms with E-state index in [0.717, 1.165) is 41.8 Å². The lowest BCUT2D eigenvalue weighted by molar-refractivity contribution is -0.384. The summed E-state index contributed by atoms with van der Waals surface area (Å²) in [6.07, 6.45) is 2.62. The number of aryl methyl sites for hydroxylation is 2. The van der Waals surface area contributed by atoms with E-state index in [1.807, 2.05) is 32.0 Å². The Balaban J connectivity index is 1.82. The SMILES string of the molecule is CCCCCN(CC(=O)Nc1cc(C(C)(C)C)nn1-c1ccc(C)cc1C)C(=O)Nc1ccc([N+](=O)[O-])cc1. The van der Waals surface area contributed by atoms with E-state index in [1.165, 1.54) is 29.2 Å². The van der Waals surface area contributed by atoms with Crippen LogP contribution < -0.4 is 10.6 Å². The zero-order chi connectivity index (χ0) is 28.7. The van der Waals surface area contributed by atoms with Crippen LogP contribution in [0.4, 0.5) is 22.0 Å². The first-order valence-electron chi connectivity index (χ1n) is 13.2. The number of amides is 3. The van der Waals surface area contributed by atoms with Crippen LogP contribution in [-0.4, -0.2) is 44.6 Å². The predicted octanol–water partition coefficient (Wildman–Crippen LogP) is 6.36. The molecule has 0 aliphatic rings.